The van der Waals surface area contributed by atoms with Gasteiger partial charge in [-0.1, -0.05) is 95.5 Å². The Balaban J connectivity index is 1.79. The largest absolute Gasteiger partial charge is 0.357 e. The number of halogens is 1. The summed E-state index contributed by atoms with van der Waals surface area (Å²) in [5.41, 5.74) is 3.83. The van der Waals surface area contributed by atoms with E-state index in [1.165, 1.54) is 30.1 Å². The molecule has 0 spiro atoms. The van der Waals surface area contributed by atoms with Crippen LogP contribution >= 0.6 is 11.6 Å². The molecule has 0 radical (unpaired) electrons. The van der Waals surface area contributed by atoms with E-state index in [0.717, 1.165) is 26.6 Å². The van der Waals surface area contributed by atoms with E-state index in [0.29, 0.717) is 5.02 Å². The summed E-state index contributed by atoms with van der Waals surface area (Å²) in [5.74, 6) is -0.882. The van der Waals surface area contributed by atoms with Gasteiger partial charge in [-0.3, -0.25) is 13.9 Å². The quantitative estimate of drug-likeness (QED) is 0.244. The highest BCUT2D eigenvalue weighted by molar-refractivity contribution is 7.92. The van der Waals surface area contributed by atoms with Crippen molar-refractivity contribution < 1.29 is 18.0 Å². The highest BCUT2D eigenvalue weighted by atomic mass is 35.5. The summed E-state index contributed by atoms with van der Waals surface area (Å²) in [6, 6.07) is 29.0. The molecule has 0 saturated carbocycles. The van der Waals surface area contributed by atoms with Gasteiger partial charge in [-0.25, -0.2) is 8.42 Å². The molecule has 0 heterocycles. The van der Waals surface area contributed by atoms with Crippen LogP contribution in [0.3, 0.4) is 0 Å². The van der Waals surface area contributed by atoms with Crippen LogP contribution in [0.4, 0.5) is 5.69 Å². The maximum absolute atomic E-state index is 14.3. The first kappa shape index (κ1) is 30.8. The zero-order chi connectivity index (χ0) is 30.3. The maximum atomic E-state index is 14.3. The van der Waals surface area contributed by atoms with E-state index < -0.39 is 28.5 Å². The molecule has 0 aliphatic heterocycles. The van der Waals surface area contributed by atoms with E-state index in [1.807, 2.05) is 68.4 Å². The van der Waals surface area contributed by atoms with Crippen LogP contribution in [-0.2, 0) is 32.6 Å². The zero-order valence-electron chi connectivity index (χ0n) is 23.8. The highest BCUT2D eigenvalue weighted by Gasteiger charge is 2.34. The normalized spacial score (nSPS) is 11.9. The van der Waals surface area contributed by atoms with E-state index in [9.17, 15) is 18.0 Å². The molecule has 0 aromatic heterocycles. The third-order valence-corrected chi connectivity index (χ3v) is 8.96. The third kappa shape index (κ3) is 7.57. The Morgan fingerprint density at radius 2 is 1.48 bits per heavy atom. The molecular formula is C33H34ClN3O4S. The van der Waals surface area contributed by atoms with Crippen molar-refractivity contribution >= 4 is 39.1 Å². The second-order valence-electron chi connectivity index (χ2n) is 10.1. The minimum absolute atomic E-state index is 0.0400. The van der Waals surface area contributed by atoms with Crippen molar-refractivity contribution in [1.29, 1.82) is 0 Å². The Labute approximate surface area is 252 Å². The zero-order valence-corrected chi connectivity index (χ0v) is 25.4. The van der Waals surface area contributed by atoms with Crippen molar-refractivity contribution in [3.8, 4) is 0 Å². The predicted octanol–water partition coefficient (Wildman–Crippen LogP) is 5.54. The van der Waals surface area contributed by atoms with Crippen LogP contribution in [0.2, 0.25) is 5.02 Å². The second-order valence-corrected chi connectivity index (χ2v) is 12.4. The lowest BCUT2D eigenvalue weighted by atomic mass is 10.0. The van der Waals surface area contributed by atoms with Crippen LogP contribution in [0.25, 0.3) is 0 Å². The molecule has 1 N–H and O–H groups in total. The maximum Gasteiger partial charge on any atom is 0.264 e. The van der Waals surface area contributed by atoms with Crippen LogP contribution < -0.4 is 9.62 Å². The number of rotatable bonds is 11. The molecule has 4 rings (SSSR count). The van der Waals surface area contributed by atoms with Gasteiger partial charge in [0, 0.05) is 25.0 Å². The fourth-order valence-electron chi connectivity index (χ4n) is 4.73. The molecular weight excluding hydrogens is 570 g/mol. The van der Waals surface area contributed by atoms with Crippen molar-refractivity contribution in [2.45, 2.75) is 37.8 Å². The molecule has 0 aliphatic carbocycles. The minimum Gasteiger partial charge on any atom is -0.357 e. The summed E-state index contributed by atoms with van der Waals surface area (Å²) in [4.78, 5) is 29.1. The molecule has 2 amide bonds. The van der Waals surface area contributed by atoms with Gasteiger partial charge < -0.3 is 10.2 Å². The Bertz CT molecular complexity index is 1640. The Kier molecular flexibility index (Phi) is 10.0. The van der Waals surface area contributed by atoms with Crippen molar-refractivity contribution in [2.24, 2.45) is 0 Å². The van der Waals surface area contributed by atoms with E-state index in [1.54, 1.807) is 30.3 Å². The summed E-state index contributed by atoms with van der Waals surface area (Å²) >= 11 is 6.26. The summed E-state index contributed by atoms with van der Waals surface area (Å²) in [7, 11) is -2.66. The predicted molar refractivity (Wildman–Crippen MR) is 167 cm³/mol. The lowest BCUT2D eigenvalue weighted by molar-refractivity contribution is -0.139. The fraction of sp³-hybridized carbons (Fsp3) is 0.212. The lowest BCUT2D eigenvalue weighted by Gasteiger charge is -2.33. The van der Waals surface area contributed by atoms with Gasteiger partial charge >= 0.3 is 0 Å². The first-order chi connectivity index (χ1) is 20.1. The number of likely N-dealkylation sites (N-methyl/N-ethyl adjacent to an activating group) is 1. The van der Waals surface area contributed by atoms with Crippen molar-refractivity contribution in [1.82, 2.24) is 10.2 Å². The number of aryl methyl sites for hydroxylation is 2. The van der Waals surface area contributed by atoms with E-state index >= 15 is 0 Å². The van der Waals surface area contributed by atoms with Crippen LogP contribution in [0.15, 0.2) is 108 Å². The standard InChI is InChI=1S/C33H34ClN3O4S/c1-24-15-17-30(18-16-24)42(40,41)37(29-14-8-13-28(34)21-29)23-32(38)36(22-27-12-7-9-25(2)19-27)31(33(39)35-3)20-26-10-5-4-6-11-26/h4-19,21,31H,20,22-23H2,1-3H3,(H,35,39). The van der Waals surface area contributed by atoms with Gasteiger partial charge in [-0.15, -0.1) is 0 Å². The number of carbonyl (C=O) groups is 2. The molecule has 0 fully saturated rings. The van der Waals surface area contributed by atoms with Gasteiger partial charge in [0.1, 0.15) is 12.6 Å². The van der Waals surface area contributed by atoms with Gasteiger partial charge in [0.05, 0.1) is 10.6 Å². The molecule has 7 nitrogen and oxygen atoms in total. The molecule has 0 aliphatic rings. The third-order valence-electron chi connectivity index (χ3n) is 6.94. The van der Waals surface area contributed by atoms with Crippen LogP contribution in [0.5, 0.6) is 0 Å². The Hall–Kier alpha value is -4.14. The number of benzene rings is 4. The monoisotopic (exact) mass is 603 g/mol. The smallest absolute Gasteiger partial charge is 0.264 e. The van der Waals surface area contributed by atoms with E-state index in [4.69, 9.17) is 11.6 Å². The molecule has 0 bridgehead atoms. The Morgan fingerprint density at radius 1 is 0.810 bits per heavy atom. The van der Waals surface area contributed by atoms with Crippen LogP contribution in [0.1, 0.15) is 22.3 Å². The summed E-state index contributed by atoms with van der Waals surface area (Å²) in [6.45, 7) is 3.39. The topological polar surface area (TPSA) is 86.8 Å². The molecule has 4 aromatic carbocycles. The van der Waals surface area contributed by atoms with Crippen molar-refractivity contribution in [3.63, 3.8) is 0 Å². The van der Waals surface area contributed by atoms with Crippen molar-refractivity contribution in [3.05, 3.63) is 130 Å². The second kappa shape index (κ2) is 13.7. The number of amides is 2. The summed E-state index contributed by atoms with van der Waals surface area (Å²) in [5, 5.41) is 3.02. The number of sulfonamides is 1. The molecule has 0 saturated heterocycles. The minimum atomic E-state index is -4.18. The number of hydrogen-bond donors (Lipinski definition) is 1. The number of anilines is 1. The lowest BCUT2D eigenvalue weighted by Crippen LogP contribution is -2.53. The van der Waals surface area contributed by atoms with Gasteiger partial charge in [0.2, 0.25) is 11.8 Å². The SMILES string of the molecule is CNC(=O)C(Cc1ccccc1)N(Cc1cccc(C)c1)C(=O)CN(c1cccc(Cl)c1)S(=O)(=O)c1ccc(C)cc1. The van der Waals surface area contributed by atoms with Gasteiger partial charge in [-0.2, -0.15) is 0 Å². The Morgan fingerprint density at radius 3 is 2.12 bits per heavy atom. The molecule has 4 aromatic rings. The van der Waals surface area contributed by atoms with Crippen molar-refractivity contribution in [2.75, 3.05) is 17.9 Å². The average molecular weight is 604 g/mol. The molecule has 42 heavy (non-hydrogen) atoms. The first-order valence-corrected chi connectivity index (χ1v) is 15.4. The number of nitrogens with one attached hydrogen (secondary N) is 1. The molecule has 1 unspecified atom stereocenters. The number of nitrogens with zero attached hydrogens (tertiary/aromatic N) is 2. The molecule has 218 valence electrons. The van der Waals surface area contributed by atoms with Crippen LogP contribution in [0, 0.1) is 13.8 Å². The molecule has 9 heteroatoms. The summed E-state index contributed by atoms with van der Waals surface area (Å²) < 4.78 is 29.1. The van der Waals surface area contributed by atoms with Crippen LogP contribution in [-0.4, -0.2) is 44.8 Å². The first-order valence-electron chi connectivity index (χ1n) is 13.5. The highest BCUT2D eigenvalue weighted by Crippen LogP contribution is 2.27. The van der Waals surface area contributed by atoms with E-state index in [2.05, 4.69) is 5.32 Å². The van der Waals surface area contributed by atoms with Gasteiger partial charge in [-0.05, 0) is 55.3 Å². The molecule has 1 atom stereocenters. The summed E-state index contributed by atoms with van der Waals surface area (Å²) in [6.07, 6.45) is 0.250. The van der Waals surface area contributed by atoms with Gasteiger partial charge in [0.25, 0.3) is 10.0 Å². The average Bonchev–Trinajstić information content (AvgIpc) is 2.98. The number of carbonyl (C=O) groups excluding carboxylic acids is 2. The van der Waals surface area contributed by atoms with E-state index in [-0.39, 0.29) is 29.5 Å². The van der Waals surface area contributed by atoms with Gasteiger partial charge in [0.15, 0.2) is 0 Å². The number of hydrogen-bond acceptors (Lipinski definition) is 4. The fourth-order valence-corrected chi connectivity index (χ4v) is 6.32.